The fourth-order valence-corrected chi connectivity index (χ4v) is 2.75. The Morgan fingerprint density at radius 2 is 1.88 bits per heavy atom. The molecule has 1 aromatic heterocycles. The maximum Gasteiger partial charge on any atom is 0.273 e. The van der Waals surface area contributed by atoms with E-state index in [4.69, 9.17) is 6.57 Å². The van der Waals surface area contributed by atoms with Crippen LogP contribution in [0.5, 0.6) is 0 Å². The van der Waals surface area contributed by atoms with Crippen LogP contribution in [0.3, 0.4) is 0 Å². The summed E-state index contributed by atoms with van der Waals surface area (Å²) in [7, 11) is 1.40. The first kappa shape index (κ1) is 16.1. The van der Waals surface area contributed by atoms with Crippen LogP contribution in [-0.2, 0) is 19.2 Å². The molecular formula is C17H12N4O4. The molecule has 1 fully saturated rings. The number of amides is 3. The van der Waals surface area contributed by atoms with Gasteiger partial charge in [-0.15, -0.1) is 0 Å². The third-order valence-corrected chi connectivity index (χ3v) is 3.84. The highest BCUT2D eigenvalue weighted by Gasteiger charge is 2.30. The quantitative estimate of drug-likeness (QED) is 0.342. The van der Waals surface area contributed by atoms with E-state index in [0.29, 0.717) is 10.8 Å². The fraction of sp³-hybridized carbons (Fsp3) is 0.118. The molecule has 1 aliphatic rings. The largest absolute Gasteiger partial charge is 0.364 e. The molecule has 8 nitrogen and oxygen atoms in total. The molecule has 2 aromatic rings. The Bertz CT molecular complexity index is 1100. The molecular weight excluding hydrogens is 324 g/mol. The summed E-state index contributed by atoms with van der Waals surface area (Å²) >= 11 is 0. The molecule has 0 saturated carbocycles. The average Bonchev–Trinajstić information content (AvgIpc) is 2.94. The molecule has 3 N–H and O–H groups in total. The smallest absolute Gasteiger partial charge is 0.273 e. The van der Waals surface area contributed by atoms with Crippen molar-refractivity contribution in [1.82, 2.24) is 15.6 Å². The third kappa shape index (κ3) is 2.57. The van der Waals surface area contributed by atoms with E-state index in [0.717, 1.165) is 0 Å². The SMILES string of the molecule is [C-]#[N+]/C(C(=O)NC)=c1/[nH]/c(=C2\C(=O)CC(=O)NC2=O)c2ccccc12. The molecule has 0 unspecified atom stereocenters. The summed E-state index contributed by atoms with van der Waals surface area (Å²) in [5.74, 6) is -2.66. The lowest BCUT2D eigenvalue weighted by molar-refractivity contribution is -0.133. The average molecular weight is 336 g/mol. The Labute approximate surface area is 141 Å². The first-order chi connectivity index (χ1) is 12.0. The number of piperidine rings is 1. The molecule has 2 heterocycles. The Kier molecular flexibility index (Phi) is 3.91. The minimum Gasteiger partial charge on any atom is -0.364 e. The van der Waals surface area contributed by atoms with Crippen molar-refractivity contribution in [2.75, 3.05) is 7.05 Å². The summed E-state index contributed by atoms with van der Waals surface area (Å²) in [5, 5.41) is 5.92. The summed E-state index contributed by atoms with van der Waals surface area (Å²) in [6.07, 6.45) is -0.432. The maximum atomic E-state index is 12.2. The second-order valence-corrected chi connectivity index (χ2v) is 5.31. The molecule has 1 aromatic carbocycles. The molecule has 3 amide bonds. The van der Waals surface area contributed by atoms with Gasteiger partial charge in [0, 0.05) is 12.4 Å². The normalized spacial score (nSPS) is 17.8. The van der Waals surface area contributed by atoms with Gasteiger partial charge in [0.25, 0.3) is 17.5 Å². The molecule has 0 atom stereocenters. The third-order valence-electron chi connectivity index (χ3n) is 3.84. The highest BCUT2D eigenvalue weighted by atomic mass is 16.2. The predicted octanol–water partition coefficient (Wildman–Crippen LogP) is -1.29. The molecule has 3 rings (SSSR count). The zero-order valence-electron chi connectivity index (χ0n) is 13.1. The summed E-state index contributed by atoms with van der Waals surface area (Å²) in [4.78, 5) is 53.8. The molecule has 25 heavy (non-hydrogen) atoms. The van der Waals surface area contributed by atoms with Crippen molar-refractivity contribution in [2.24, 2.45) is 0 Å². The second kappa shape index (κ2) is 6.05. The van der Waals surface area contributed by atoms with Gasteiger partial charge in [-0.05, 0) is 5.39 Å². The number of carbonyl (C=O) groups is 4. The Balaban J connectivity index is 2.51. The van der Waals surface area contributed by atoms with E-state index in [1.165, 1.54) is 7.05 Å². The van der Waals surface area contributed by atoms with Gasteiger partial charge in [0.15, 0.2) is 5.78 Å². The number of fused-ring (bicyclic) bond motifs is 1. The number of ketones is 1. The number of H-pyrrole nitrogens is 1. The Hall–Kier alpha value is -3.73. The van der Waals surface area contributed by atoms with E-state index in [1.807, 2.05) is 0 Å². The maximum absolute atomic E-state index is 12.2. The number of benzene rings is 1. The van der Waals surface area contributed by atoms with Crippen molar-refractivity contribution in [2.45, 2.75) is 6.42 Å². The summed E-state index contributed by atoms with van der Waals surface area (Å²) in [5.41, 5.74) is -0.381. The molecule has 1 aliphatic heterocycles. The van der Waals surface area contributed by atoms with Gasteiger partial charge in [-0.3, -0.25) is 24.5 Å². The molecule has 0 bridgehead atoms. The number of aromatic amines is 1. The van der Waals surface area contributed by atoms with Crippen molar-refractivity contribution in [3.63, 3.8) is 0 Å². The predicted molar refractivity (Wildman–Crippen MR) is 87.8 cm³/mol. The minimum atomic E-state index is -0.802. The van der Waals surface area contributed by atoms with Crippen LogP contribution in [0.4, 0.5) is 0 Å². The number of aromatic nitrogens is 1. The van der Waals surface area contributed by atoms with Crippen LogP contribution in [0.2, 0.25) is 0 Å². The van der Waals surface area contributed by atoms with Gasteiger partial charge in [0.2, 0.25) is 5.91 Å². The van der Waals surface area contributed by atoms with E-state index in [9.17, 15) is 19.2 Å². The van der Waals surface area contributed by atoms with Crippen LogP contribution in [0, 0.1) is 6.57 Å². The van der Waals surface area contributed by atoms with Crippen molar-refractivity contribution >= 4 is 45.5 Å². The van der Waals surface area contributed by atoms with Crippen LogP contribution in [0.15, 0.2) is 24.3 Å². The summed E-state index contributed by atoms with van der Waals surface area (Å²) < 4.78 is 0. The van der Waals surface area contributed by atoms with Crippen molar-refractivity contribution in [3.8, 4) is 0 Å². The lowest BCUT2D eigenvalue weighted by Gasteiger charge is -2.11. The zero-order valence-corrected chi connectivity index (χ0v) is 13.1. The minimum absolute atomic E-state index is 0.186. The first-order valence-corrected chi connectivity index (χ1v) is 7.30. The van der Waals surface area contributed by atoms with Crippen molar-refractivity contribution in [3.05, 3.63) is 46.4 Å². The van der Waals surface area contributed by atoms with Crippen molar-refractivity contribution < 1.29 is 19.2 Å². The molecule has 1 saturated heterocycles. The van der Waals surface area contributed by atoms with Gasteiger partial charge >= 0.3 is 0 Å². The number of hydrogen-bond acceptors (Lipinski definition) is 4. The van der Waals surface area contributed by atoms with E-state index in [2.05, 4.69) is 20.5 Å². The molecule has 0 radical (unpaired) electrons. The van der Waals surface area contributed by atoms with Gasteiger partial charge in [0.05, 0.1) is 23.7 Å². The standard InChI is InChI=1S/C17H12N4O4/c1-18-15(17(25)19-2)14-9-6-4-3-5-8(9)13(21-14)12-10(22)7-11(23)20-16(12)24/h3-6,21H,7H2,2H3,(H,19,25)(H,20,23,24)/b13-12+,15-14+. The Morgan fingerprint density at radius 3 is 2.48 bits per heavy atom. The van der Waals surface area contributed by atoms with Gasteiger partial charge in [-0.25, -0.2) is 4.85 Å². The van der Waals surface area contributed by atoms with Gasteiger partial charge < -0.3 is 10.3 Å². The molecule has 0 aliphatic carbocycles. The van der Waals surface area contributed by atoms with Crippen molar-refractivity contribution in [1.29, 1.82) is 0 Å². The van der Waals surface area contributed by atoms with Crippen LogP contribution >= 0.6 is 0 Å². The molecule has 0 spiro atoms. The number of hydrogen-bond donors (Lipinski definition) is 3. The van der Waals surface area contributed by atoms with Crippen LogP contribution < -0.4 is 21.3 Å². The molecule has 124 valence electrons. The lowest BCUT2D eigenvalue weighted by Crippen LogP contribution is -2.43. The van der Waals surface area contributed by atoms with Gasteiger partial charge in [-0.2, -0.15) is 0 Å². The number of nitrogens with zero attached hydrogens (tertiary/aromatic N) is 1. The molecule has 8 heteroatoms. The van der Waals surface area contributed by atoms with Crippen LogP contribution in [-0.4, -0.2) is 35.5 Å². The van der Waals surface area contributed by atoms with Gasteiger partial charge in [-0.1, -0.05) is 24.3 Å². The van der Waals surface area contributed by atoms with Gasteiger partial charge in [0.1, 0.15) is 5.57 Å². The van der Waals surface area contributed by atoms with E-state index < -0.39 is 29.9 Å². The van der Waals surface area contributed by atoms with Crippen LogP contribution in [0.25, 0.3) is 26.9 Å². The first-order valence-electron chi connectivity index (χ1n) is 7.30. The Morgan fingerprint density at radius 1 is 1.20 bits per heavy atom. The number of imide groups is 1. The van der Waals surface area contributed by atoms with E-state index in [1.54, 1.807) is 24.3 Å². The number of nitrogens with one attached hydrogen (secondary N) is 3. The topological polar surface area (TPSA) is 112 Å². The number of rotatable bonds is 1. The second-order valence-electron chi connectivity index (χ2n) is 5.31. The summed E-state index contributed by atoms with van der Waals surface area (Å²) in [6.45, 7) is 7.28. The summed E-state index contributed by atoms with van der Waals surface area (Å²) in [6, 6.07) is 6.76. The van der Waals surface area contributed by atoms with Crippen LogP contribution in [0.1, 0.15) is 6.42 Å². The highest BCUT2D eigenvalue weighted by Crippen LogP contribution is 2.11. The number of likely N-dealkylation sites (N-methyl/N-ethyl adjacent to an activating group) is 1. The highest BCUT2D eigenvalue weighted by molar-refractivity contribution is 6.47. The zero-order chi connectivity index (χ0) is 18.1. The lowest BCUT2D eigenvalue weighted by atomic mass is 10.0. The number of carbonyl (C=O) groups excluding carboxylic acids is 4. The monoisotopic (exact) mass is 336 g/mol. The fourth-order valence-electron chi connectivity index (χ4n) is 2.75. The van der Waals surface area contributed by atoms with E-state index in [-0.39, 0.29) is 22.0 Å². The number of Topliss-reactive ketones (excluding diaryl/α,β-unsaturated/α-hetero) is 1. The van der Waals surface area contributed by atoms with E-state index >= 15 is 0 Å².